The highest BCUT2D eigenvalue weighted by Crippen LogP contribution is 2.19. The third-order valence-electron chi connectivity index (χ3n) is 2.86. The molecule has 0 aliphatic carbocycles. The van der Waals surface area contributed by atoms with Crippen molar-refractivity contribution in [3.05, 3.63) is 58.6 Å². The molecule has 0 heterocycles. The number of ether oxygens (including phenoxy) is 2. The fourth-order valence-electron chi connectivity index (χ4n) is 1.89. The second-order valence-corrected chi connectivity index (χ2v) is 5.44. The quantitative estimate of drug-likeness (QED) is 0.763. The van der Waals surface area contributed by atoms with Gasteiger partial charge in [0.15, 0.2) is 0 Å². The summed E-state index contributed by atoms with van der Waals surface area (Å²) in [5.41, 5.74) is 0.618. The summed E-state index contributed by atoms with van der Waals surface area (Å²) in [5.74, 6) is 1.38. The fourth-order valence-corrected chi connectivity index (χ4v) is 2.28. The summed E-state index contributed by atoms with van der Waals surface area (Å²) in [5, 5.41) is 2.82. The lowest BCUT2D eigenvalue weighted by Crippen LogP contribution is -2.28. The number of carbonyl (C=O) groups excluding carboxylic acids is 1. The van der Waals surface area contributed by atoms with Crippen molar-refractivity contribution in [2.45, 2.75) is 6.92 Å². The van der Waals surface area contributed by atoms with E-state index in [2.05, 4.69) is 21.2 Å². The fraction of sp³-hybridized carbons (Fsp3) is 0.235. The first-order valence-corrected chi connectivity index (χ1v) is 7.88. The number of halogens is 1. The molecule has 2 rings (SSSR count). The summed E-state index contributed by atoms with van der Waals surface area (Å²) in [6.07, 6.45) is 0. The van der Waals surface area contributed by atoms with E-state index in [9.17, 15) is 4.79 Å². The predicted octanol–water partition coefficient (Wildman–Crippen LogP) is 3.66. The van der Waals surface area contributed by atoms with E-state index in [1.807, 2.05) is 43.3 Å². The Morgan fingerprint density at radius 3 is 2.55 bits per heavy atom. The van der Waals surface area contributed by atoms with Crippen LogP contribution in [0.3, 0.4) is 0 Å². The van der Waals surface area contributed by atoms with Crippen LogP contribution in [0, 0.1) is 0 Å². The number of carbonyl (C=O) groups is 1. The smallest absolute Gasteiger partial charge is 0.251 e. The Labute approximate surface area is 138 Å². The van der Waals surface area contributed by atoms with Crippen LogP contribution in [0.25, 0.3) is 0 Å². The Kier molecular flexibility index (Phi) is 6.27. The summed E-state index contributed by atoms with van der Waals surface area (Å²) >= 11 is 3.35. The van der Waals surface area contributed by atoms with Gasteiger partial charge in [-0.3, -0.25) is 4.79 Å². The third kappa shape index (κ3) is 5.07. The Morgan fingerprint density at radius 1 is 1.09 bits per heavy atom. The van der Waals surface area contributed by atoms with Crippen LogP contribution in [-0.4, -0.2) is 25.7 Å². The van der Waals surface area contributed by atoms with Crippen molar-refractivity contribution in [2.24, 2.45) is 0 Å². The highest BCUT2D eigenvalue weighted by atomic mass is 79.9. The van der Waals surface area contributed by atoms with Gasteiger partial charge in [0.05, 0.1) is 13.2 Å². The third-order valence-corrected chi connectivity index (χ3v) is 3.35. The van der Waals surface area contributed by atoms with Gasteiger partial charge >= 0.3 is 0 Å². The lowest BCUT2D eigenvalue weighted by atomic mass is 10.2. The predicted molar refractivity (Wildman–Crippen MR) is 89.6 cm³/mol. The molecule has 4 nitrogen and oxygen atoms in total. The van der Waals surface area contributed by atoms with Crippen LogP contribution in [0.15, 0.2) is 53.0 Å². The Hall–Kier alpha value is -2.01. The SMILES string of the molecule is CCOc1cccc(OCCNC(=O)c2cccc(Br)c2)c1. The molecule has 2 aromatic carbocycles. The number of nitrogens with one attached hydrogen (secondary N) is 1. The topological polar surface area (TPSA) is 47.6 Å². The Morgan fingerprint density at radius 2 is 1.82 bits per heavy atom. The largest absolute Gasteiger partial charge is 0.494 e. The Bertz CT molecular complexity index is 631. The highest BCUT2D eigenvalue weighted by molar-refractivity contribution is 9.10. The minimum atomic E-state index is -0.118. The van der Waals surface area contributed by atoms with Gasteiger partial charge in [-0.25, -0.2) is 0 Å². The molecule has 0 atom stereocenters. The van der Waals surface area contributed by atoms with E-state index in [-0.39, 0.29) is 5.91 Å². The zero-order valence-electron chi connectivity index (χ0n) is 12.3. The van der Waals surface area contributed by atoms with Crippen molar-refractivity contribution in [3.63, 3.8) is 0 Å². The van der Waals surface area contributed by atoms with Crippen molar-refractivity contribution in [3.8, 4) is 11.5 Å². The van der Waals surface area contributed by atoms with Crippen LogP contribution in [0.4, 0.5) is 0 Å². The molecule has 0 fully saturated rings. The molecule has 0 bridgehead atoms. The molecule has 116 valence electrons. The van der Waals surface area contributed by atoms with E-state index in [1.165, 1.54) is 0 Å². The van der Waals surface area contributed by atoms with E-state index in [1.54, 1.807) is 12.1 Å². The number of hydrogen-bond donors (Lipinski definition) is 1. The normalized spacial score (nSPS) is 10.1. The molecule has 2 aromatic rings. The number of amides is 1. The number of rotatable bonds is 7. The molecule has 0 aromatic heterocycles. The minimum Gasteiger partial charge on any atom is -0.494 e. The zero-order chi connectivity index (χ0) is 15.8. The molecule has 0 aliphatic rings. The molecule has 0 spiro atoms. The number of benzene rings is 2. The summed E-state index contributed by atoms with van der Waals surface area (Å²) < 4.78 is 11.9. The van der Waals surface area contributed by atoms with E-state index < -0.39 is 0 Å². The van der Waals surface area contributed by atoms with Crippen LogP contribution < -0.4 is 14.8 Å². The molecule has 1 amide bonds. The van der Waals surface area contributed by atoms with Gasteiger partial charge in [-0.15, -0.1) is 0 Å². The average molecular weight is 364 g/mol. The average Bonchev–Trinajstić information content (AvgIpc) is 2.52. The molecule has 1 N–H and O–H groups in total. The molecule has 0 aliphatic heterocycles. The van der Waals surface area contributed by atoms with Crippen LogP contribution in [0.2, 0.25) is 0 Å². The van der Waals surface area contributed by atoms with Gasteiger partial charge < -0.3 is 14.8 Å². The van der Waals surface area contributed by atoms with Gasteiger partial charge in [-0.05, 0) is 37.3 Å². The maximum atomic E-state index is 11.9. The lowest BCUT2D eigenvalue weighted by Gasteiger charge is -2.09. The summed E-state index contributed by atoms with van der Waals surface area (Å²) in [6.45, 7) is 3.39. The van der Waals surface area contributed by atoms with E-state index in [0.717, 1.165) is 16.0 Å². The maximum Gasteiger partial charge on any atom is 0.251 e. The van der Waals surface area contributed by atoms with Crippen LogP contribution in [0.1, 0.15) is 17.3 Å². The van der Waals surface area contributed by atoms with E-state index in [0.29, 0.717) is 25.3 Å². The van der Waals surface area contributed by atoms with Crippen molar-refractivity contribution in [1.29, 1.82) is 0 Å². The molecule has 0 saturated heterocycles. The van der Waals surface area contributed by atoms with Gasteiger partial charge in [0.1, 0.15) is 18.1 Å². The van der Waals surface area contributed by atoms with Crippen molar-refractivity contribution in [2.75, 3.05) is 19.8 Å². The van der Waals surface area contributed by atoms with Crippen molar-refractivity contribution in [1.82, 2.24) is 5.32 Å². The zero-order valence-corrected chi connectivity index (χ0v) is 13.9. The van der Waals surface area contributed by atoms with Crippen LogP contribution >= 0.6 is 15.9 Å². The van der Waals surface area contributed by atoms with Crippen LogP contribution in [-0.2, 0) is 0 Å². The molecule has 22 heavy (non-hydrogen) atoms. The van der Waals surface area contributed by atoms with Crippen LogP contribution in [0.5, 0.6) is 11.5 Å². The molecular weight excluding hydrogens is 346 g/mol. The highest BCUT2D eigenvalue weighted by Gasteiger charge is 2.05. The first-order chi connectivity index (χ1) is 10.7. The molecule has 0 radical (unpaired) electrons. The molecule has 5 heteroatoms. The van der Waals surface area contributed by atoms with Gasteiger partial charge in [0, 0.05) is 16.1 Å². The minimum absolute atomic E-state index is 0.118. The Balaban J connectivity index is 1.77. The monoisotopic (exact) mass is 363 g/mol. The first kappa shape index (κ1) is 16.4. The van der Waals surface area contributed by atoms with Gasteiger partial charge in [0.25, 0.3) is 5.91 Å². The summed E-state index contributed by atoms with van der Waals surface area (Å²) in [6, 6.07) is 14.7. The number of hydrogen-bond acceptors (Lipinski definition) is 3. The van der Waals surface area contributed by atoms with Crippen molar-refractivity contribution < 1.29 is 14.3 Å². The van der Waals surface area contributed by atoms with Gasteiger partial charge in [-0.1, -0.05) is 28.1 Å². The molecule has 0 unspecified atom stereocenters. The van der Waals surface area contributed by atoms with Crippen molar-refractivity contribution >= 4 is 21.8 Å². The second-order valence-electron chi connectivity index (χ2n) is 4.52. The lowest BCUT2D eigenvalue weighted by molar-refractivity contribution is 0.0947. The first-order valence-electron chi connectivity index (χ1n) is 7.08. The van der Waals surface area contributed by atoms with Gasteiger partial charge in [0.2, 0.25) is 0 Å². The molecular formula is C17H18BrNO3. The summed E-state index contributed by atoms with van der Waals surface area (Å²) in [4.78, 5) is 11.9. The van der Waals surface area contributed by atoms with Gasteiger partial charge in [-0.2, -0.15) is 0 Å². The second kappa shape index (κ2) is 8.44. The summed E-state index contributed by atoms with van der Waals surface area (Å²) in [7, 11) is 0. The van der Waals surface area contributed by atoms with E-state index in [4.69, 9.17) is 9.47 Å². The standard InChI is InChI=1S/C17H18BrNO3/c1-2-21-15-7-4-8-16(12-15)22-10-9-19-17(20)13-5-3-6-14(18)11-13/h3-8,11-12H,2,9-10H2,1H3,(H,19,20). The van der Waals surface area contributed by atoms with E-state index >= 15 is 0 Å². The molecule has 0 saturated carbocycles. The maximum absolute atomic E-state index is 11.9.